The molecule has 0 aliphatic carbocycles. The van der Waals surface area contributed by atoms with Gasteiger partial charge < -0.3 is 10.1 Å². The maximum atomic E-state index is 12.3. The number of thioether (sulfide) groups is 1. The highest BCUT2D eigenvalue weighted by Gasteiger charge is 2.16. The van der Waals surface area contributed by atoms with E-state index in [0.29, 0.717) is 17.5 Å². The predicted octanol–water partition coefficient (Wildman–Crippen LogP) is 2.27. The van der Waals surface area contributed by atoms with E-state index in [4.69, 9.17) is 4.74 Å². The van der Waals surface area contributed by atoms with Crippen LogP contribution in [0.3, 0.4) is 0 Å². The summed E-state index contributed by atoms with van der Waals surface area (Å²) in [5.41, 5.74) is 0.564. The Morgan fingerprint density at radius 3 is 2.76 bits per heavy atom. The first-order chi connectivity index (χ1) is 14.0. The van der Waals surface area contributed by atoms with E-state index >= 15 is 0 Å². The molecule has 0 unspecified atom stereocenters. The Hall–Kier alpha value is -3.60. The molecule has 0 atom stereocenters. The second-order valence-electron chi connectivity index (χ2n) is 5.86. The van der Waals surface area contributed by atoms with Crippen LogP contribution in [0.4, 0.5) is 11.4 Å². The number of amides is 1. The fourth-order valence-corrected chi connectivity index (χ4v) is 3.29. The summed E-state index contributed by atoms with van der Waals surface area (Å²) in [4.78, 5) is 34.7. The van der Waals surface area contributed by atoms with Crippen molar-refractivity contribution in [3.05, 3.63) is 74.7 Å². The van der Waals surface area contributed by atoms with Gasteiger partial charge in [-0.1, -0.05) is 42.1 Å². The third-order valence-electron chi connectivity index (χ3n) is 3.91. The molecule has 0 spiro atoms. The zero-order valence-electron chi connectivity index (χ0n) is 15.3. The van der Waals surface area contributed by atoms with E-state index in [1.165, 1.54) is 29.9 Å². The summed E-state index contributed by atoms with van der Waals surface area (Å²) in [7, 11) is 1.40. The number of ether oxygens (including phenoxy) is 1. The molecular formula is C18H17N5O5S. The summed E-state index contributed by atoms with van der Waals surface area (Å²) < 4.78 is 6.56. The number of benzene rings is 2. The number of nitrogens with zero attached hydrogens (tertiary/aromatic N) is 3. The van der Waals surface area contributed by atoms with Crippen molar-refractivity contribution in [3.63, 3.8) is 0 Å². The maximum Gasteiger partial charge on any atom is 0.344 e. The number of hydrogen-bond acceptors (Lipinski definition) is 7. The number of rotatable bonds is 8. The lowest BCUT2D eigenvalue weighted by Crippen LogP contribution is -2.19. The number of carbonyl (C=O) groups excluding carboxylic acids is 1. The van der Waals surface area contributed by atoms with Gasteiger partial charge in [0.15, 0.2) is 5.16 Å². The first kappa shape index (κ1) is 20.1. The van der Waals surface area contributed by atoms with Crippen molar-refractivity contribution in [2.24, 2.45) is 0 Å². The van der Waals surface area contributed by atoms with Crippen molar-refractivity contribution in [1.82, 2.24) is 14.8 Å². The second kappa shape index (κ2) is 9.06. The summed E-state index contributed by atoms with van der Waals surface area (Å²) in [6.45, 7) is 0.318. The molecule has 2 aromatic carbocycles. The van der Waals surface area contributed by atoms with Gasteiger partial charge in [-0.05, 0) is 11.6 Å². The highest BCUT2D eigenvalue weighted by atomic mass is 32.2. The van der Waals surface area contributed by atoms with Crippen LogP contribution < -0.4 is 15.7 Å². The summed E-state index contributed by atoms with van der Waals surface area (Å²) in [5, 5.41) is 20.2. The number of hydrogen-bond donors (Lipinski definition) is 2. The number of carbonyl (C=O) groups is 1. The van der Waals surface area contributed by atoms with E-state index in [1.807, 2.05) is 30.3 Å². The molecule has 0 saturated carbocycles. The molecule has 0 saturated heterocycles. The molecule has 3 rings (SSSR count). The third kappa shape index (κ3) is 5.02. The maximum absolute atomic E-state index is 12.3. The van der Waals surface area contributed by atoms with Crippen molar-refractivity contribution in [2.45, 2.75) is 11.7 Å². The van der Waals surface area contributed by atoms with Gasteiger partial charge in [0.1, 0.15) is 5.75 Å². The summed E-state index contributed by atoms with van der Waals surface area (Å²) in [6, 6.07) is 13.3. The van der Waals surface area contributed by atoms with Crippen LogP contribution in [-0.4, -0.2) is 38.5 Å². The van der Waals surface area contributed by atoms with Crippen LogP contribution >= 0.6 is 11.8 Å². The van der Waals surface area contributed by atoms with Gasteiger partial charge in [-0.3, -0.25) is 19.5 Å². The van der Waals surface area contributed by atoms with Gasteiger partial charge in [0.25, 0.3) is 5.69 Å². The van der Waals surface area contributed by atoms with Crippen molar-refractivity contribution >= 4 is 29.0 Å². The number of aromatic amines is 1. The molecule has 3 aromatic rings. The first-order valence-electron chi connectivity index (χ1n) is 8.42. The summed E-state index contributed by atoms with van der Waals surface area (Å²) in [6.07, 6.45) is 0. The second-order valence-corrected chi connectivity index (χ2v) is 6.80. The standard InChI is InChI=1S/C18H17N5O5S/c1-28-15-8-7-13(23(26)27)9-14(15)19-16(24)11-29-18-21-20-17(25)22(18)10-12-5-3-2-4-6-12/h2-9H,10-11H2,1H3,(H,19,24)(H,20,25). The van der Waals surface area contributed by atoms with Crippen LogP contribution in [0.2, 0.25) is 0 Å². The van der Waals surface area contributed by atoms with Crippen molar-refractivity contribution in [2.75, 3.05) is 18.2 Å². The quantitative estimate of drug-likeness (QED) is 0.328. The highest BCUT2D eigenvalue weighted by Crippen LogP contribution is 2.29. The molecule has 1 amide bonds. The molecule has 1 heterocycles. The third-order valence-corrected chi connectivity index (χ3v) is 4.88. The molecule has 0 fully saturated rings. The van der Waals surface area contributed by atoms with Gasteiger partial charge in [-0.2, -0.15) is 0 Å². The highest BCUT2D eigenvalue weighted by molar-refractivity contribution is 7.99. The molecule has 0 aliphatic rings. The average Bonchev–Trinajstić information content (AvgIpc) is 3.06. The molecule has 10 nitrogen and oxygen atoms in total. The fourth-order valence-electron chi connectivity index (χ4n) is 2.54. The van der Waals surface area contributed by atoms with Crippen LogP contribution in [-0.2, 0) is 11.3 Å². The van der Waals surface area contributed by atoms with Crippen LogP contribution in [0, 0.1) is 10.1 Å². The molecular weight excluding hydrogens is 398 g/mol. The Bertz CT molecular complexity index is 1080. The number of methoxy groups -OCH3 is 1. The van der Waals surface area contributed by atoms with Crippen LogP contribution in [0.5, 0.6) is 5.75 Å². The van der Waals surface area contributed by atoms with E-state index in [2.05, 4.69) is 15.5 Å². The van der Waals surface area contributed by atoms with Crippen molar-refractivity contribution in [3.8, 4) is 5.75 Å². The number of non-ortho nitro benzene ring substituents is 1. The van der Waals surface area contributed by atoms with Gasteiger partial charge in [0, 0.05) is 12.1 Å². The molecule has 0 bridgehead atoms. The van der Waals surface area contributed by atoms with Gasteiger partial charge in [-0.15, -0.1) is 5.10 Å². The first-order valence-corrected chi connectivity index (χ1v) is 9.40. The molecule has 0 radical (unpaired) electrons. The average molecular weight is 415 g/mol. The van der Waals surface area contributed by atoms with E-state index in [9.17, 15) is 19.7 Å². The van der Waals surface area contributed by atoms with Gasteiger partial charge >= 0.3 is 5.69 Å². The number of nitro benzene ring substituents is 1. The van der Waals surface area contributed by atoms with E-state index in [-0.39, 0.29) is 22.8 Å². The lowest BCUT2D eigenvalue weighted by molar-refractivity contribution is -0.384. The fraction of sp³-hybridized carbons (Fsp3) is 0.167. The molecule has 11 heteroatoms. The number of nitrogens with one attached hydrogen (secondary N) is 2. The number of nitro groups is 1. The van der Waals surface area contributed by atoms with Crippen LogP contribution in [0.15, 0.2) is 58.5 Å². The van der Waals surface area contributed by atoms with Gasteiger partial charge in [-0.25, -0.2) is 9.89 Å². The Morgan fingerprint density at radius 1 is 1.31 bits per heavy atom. The Balaban J connectivity index is 1.68. The van der Waals surface area contributed by atoms with Crippen molar-refractivity contribution < 1.29 is 14.5 Å². The van der Waals surface area contributed by atoms with Gasteiger partial charge in [0.2, 0.25) is 5.91 Å². The Labute approximate surface area is 169 Å². The minimum absolute atomic E-state index is 0.0507. The van der Waals surface area contributed by atoms with Crippen LogP contribution in [0.1, 0.15) is 5.56 Å². The van der Waals surface area contributed by atoms with E-state index in [0.717, 1.165) is 17.3 Å². The Morgan fingerprint density at radius 2 is 2.07 bits per heavy atom. The monoisotopic (exact) mass is 415 g/mol. The molecule has 0 aliphatic heterocycles. The van der Waals surface area contributed by atoms with E-state index in [1.54, 1.807) is 0 Å². The smallest absolute Gasteiger partial charge is 0.344 e. The predicted molar refractivity (Wildman–Crippen MR) is 107 cm³/mol. The van der Waals surface area contributed by atoms with Crippen LogP contribution in [0.25, 0.3) is 0 Å². The normalized spacial score (nSPS) is 10.5. The SMILES string of the molecule is COc1ccc([N+](=O)[O-])cc1NC(=O)CSc1n[nH]c(=O)n1Cc1ccccc1. The topological polar surface area (TPSA) is 132 Å². The summed E-state index contributed by atoms with van der Waals surface area (Å²) >= 11 is 1.07. The zero-order chi connectivity index (χ0) is 20.8. The van der Waals surface area contributed by atoms with E-state index < -0.39 is 10.8 Å². The molecule has 150 valence electrons. The molecule has 2 N–H and O–H groups in total. The molecule has 29 heavy (non-hydrogen) atoms. The number of anilines is 1. The molecule has 1 aromatic heterocycles. The lowest BCUT2D eigenvalue weighted by Gasteiger charge is -2.10. The summed E-state index contributed by atoms with van der Waals surface area (Å²) in [5.74, 6) is -0.171. The zero-order valence-corrected chi connectivity index (χ0v) is 16.1. The minimum atomic E-state index is -0.560. The minimum Gasteiger partial charge on any atom is -0.495 e. The number of aromatic nitrogens is 3. The number of H-pyrrole nitrogens is 1. The lowest BCUT2D eigenvalue weighted by atomic mass is 10.2. The van der Waals surface area contributed by atoms with Gasteiger partial charge in [0.05, 0.1) is 30.0 Å². The Kier molecular flexibility index (Phi) is 6.29. The largest absolute Gasteiger partial charge is 0.495 e. The van der Waals surface area contributed by atoms with Crippen molar-refractivity contribution in [1.29, 1.82) is 0 Å².